The standard InChI is InChI=1S/C18H20N2O/c1-12-7-8-14-5-4-6-16(18(14)20-12)17-10-9-15(21-17)11-13(2)19-3/h4-10,13,19H,11H2,1-3H3. The van der Waals surface area contributed by atoms with Crippen LogP contribution in [0.4, 0.5) is 0 Å². The lowest BCUT2D eigenvalue weighted by molar-refractivity contribution is 0.481. The van der Waals surface area contributed by atoms with Crippen molar-refractivity contribution in [3.8, 4) is 11.3 Å². The molecule has 1 aromatic carbocycles. The summed E-state index contributed by atoms with van der Waals surface area (Å²) in [4.78, 5) is 4.67. The fourth-order valence-corrected chi connectivity index (χ4v) is 2.48. The molecule has 3 nitrogen and oxygen atoms in total. The van der Waals surface area contributed by atoms with Crippen LogP contribution in [-0.2, 0) is 6.42 Å². The van der Waals surface area contributed by atoms with E-state index < -0.39 is 0 Å². The zero-order chi connectivity index (χ0) is 14.8. The van der Waals surface area contributed by atoms with Crippen molar-refractivity contribution in [3.05, 3.63) is 53.9 Å². The SMILES string of the molecule is CNC(C)Cc1ccc(-c2cccc3ccc(C)nc23)o1. The third-order valence-corrected chi connectivity index (χ3v) is 3.79. The Bertz CT molecular complexity index is 761. The Balaban J connectivity index is 2.02. The molecule has 0 fully saturated rings. The van der Waals surface area contributed by atoms with Crippen LogP contribution in [0.15, 0.2) is 46.9 Å². The number of aryl methyl sites for hydroxylation is 1. The van der Waals surface area contributed by atoms with Gasteiger partial charge in [0.05, 0.1) is 5.52 Å². The molecular formula is C18H20N2O. The predicted molar refractivity (Wildman–Crippen MR) is 86.4 cm³/mol. The highest BCUT2D eigenvalue weighted by atomic mass is 16.3. The lowest BCUT2D eigenvalue weighted by atomic mass is 10.1. The molecule has 0 saturated carbocycles. The fourth-order valence-electron chi connectivity index (χ4n) is 2.48. The Morgan fingerprint density at radius 3 is 2.81 bits per heavy atom. The molecular weight excluding hydrogens is 260 g/mol. The molecule has 0 spiro atoms. The first-order chi connectivity index (χ1) is 10.2. The summed E-state index contributed by atoms with van der Waals surface area (Å²) in [6, 6.07) is 14.8. The molecule has 1 N–H and O–H groups in total. The number of rotatable bonds is 4. The second kappa shape index (κ2) is 5.70. The third kappa shape index (κ3) is 2.83. The van der Waals surface area contributed by atoms with E-state index >= 15 is 0 Å². The molecule has 0 amide bonds. The van der Waals surface area contributed by atoms with Crippen LogP contribution in [-0.4, -0.2) is 18.1 Å². The normalized spacial score (nSPS) is 12.7. The summed E-state index contributed by atoms with van der Waals surface area (Å²) in [6.07, 6.45) is 0.883. The van der Waals surface area contributed by atoms with E-state index in [4.69, 9.17) is 4.42 Å². The molecule has 108 valence electrons. The topological polar surface area (TPSA) is 38.1 Å². The van der Waals surface area contributed by atoms with E-state index in [0.29, 0.717) is 6.04 Å². The fraction of sp³-hybridized carbons (Fsp3) is 0.278. The Hall–Kier alpha value is -2.13. The number of para-hydroxylation sites is 1. The molecule has 1 unspecified atom stereocenters. The monoisotopic (exact) mass is 280 g/mol. The highest BCUT2D eigenvalue weighted by Crippen LogP contribution is 2.29. The number of hydrogen-bond acceptors (Lipinski definition) is 3. The summed E-state index contributed by atoms with van der Waals surface area (Å²) in [5.41, 5.74) is 3.07. The molecule has 21 heavy (non-hydrogen) atoms. The number of furan rings is 1. The zero-order valence-corrected chi connectivity index (χ0v) is 12.7. The zero-order valence-electron chi connectivity index (χ0n) is 12.7. The van der Waals surface area contributed by atoms with E-state index in [1.165, 1.54) is 0 Å². The summed E-state index contributed by atoms with van der Waals surface area (Å²) in [6.45, 7) is 4.16. The maximum Gasteiger partial charge on any atom is 0.136 e. The van der Waals surface area contributed by atoms with Crippen molar-refractivity contribution in [2.75, 3.05) is 7.05 Å². The van der Waals surface area contributed by atoms with E-state index in [-0.39, 0.29) is 0 Å². The maximum atomic E-state index is 6.01. The van der Waals surface area contributed by atoms with E-state index in [9.17, 15) is 0 Å². The van der Waals surface area contributed by atoms with Crippen LogP contribution in [0.3, 0.4) is 0 Å². The maximum absolute atomic E-state index is 6.01. The third-order valence-electron chi connectivity index (χ3n) is 3.79. The Morgan fingerprint density at radius 2 is 2.00 bits per heavy atom. The summed E-state index contributed by atoms with van der Waals surface area (Å²) >= 11 is 0. The smallest absolute Gasteiger partial charge is 0.136 e. The summed E-state index contributed by atoms with van der Waals surface area (Å²) in [5, 5.41) is 4.37. The van der Waals surface area contributed by atoms with Gasteiger partial charge in [-0.2, -0.15) is 0 Å². The molecule has 0 radical (unpaired) electrons. The van der Waals surface area contributed by atoms with Gasteiger partial charge in [0.2, 0.25) is 0 Å². The lowest BCUT2D eigenvalue weighted by Gasteiger charge is -2.07. The van der Waals surface area contributed by atoms with Crippen molar-refractivity contribution in [2.45, 2.75) is 26.3 Å². The molecule has 3 heteroatoms. The van der Waals surface area contributed by atoms with Crippen molar-refractivity contribution in [1.29, 1.82) is 0 Å². The molecule has 2 aromatic heterocycles. The molecule has 0 aliphatic carbocycles. The lowest BCUT2D eigenvalue weighted by Crippen LogP contribution is -2.23. The number of fused-ring (bicyclic) bond motifs is 1. The van der Waals surface area contributed by atoms with Crippen molar-refractivity contribution in [3.63, 3.8) is 0 Å². The molecule has 0 saturated heterocycles. The average molecular weight is 280 g/mol. The quantitative estimate of drug-likeness (QED) is 0.786. The first kappa shape index (κ1) is 13.8. The molecule has 2 heterocycles. The number of nitrogens with zero attached hydrogens (tertiary/aromatic N) is 1. The van der Waals surface area contributed by atoms with E-state index in [1.807, 2.05) is 32.2 Å². The highest BCUT2D eigenvalue weighted by Gasteiger charge is 2.11. The Morgan fingerprint density at radius 1 is 1.14 bits per heavy atom. The average Bonchev–Trinajstić information content (AvgIpc) is 2.94. The van der Waals surface area contributed by atoms with Gasteiger partial charge in [0.1, 0.15) is 11.5 Å². The molecule has 0 aliphatic heterocycles. The minimum atomic E-state index is 0.400. The van der Waals surface area contributed by atoms with Gasteiger partial charge in [-0.25, -0.2) is 0 Å². The van der Waals surface area contributed by atoms with Gasteiger partial charge in [-0.1, -0.05) is 18.2 Å². The minimum Gasteiger partial charge on any atom is -0.461 e. The van der Waals surface area contributed by atoms with Crippen molar-refractivity contribution in [2.24, 2.45) is 0 Å². The number of likely N-dealkylation sites (N-methyl/N-ethyl adjacent to an activating group) is 1. The van der Waals surface area contributed by atoms with Crippen molar-refractivity contribution < 1.29 is 4.42 Å². The first-order valence-electron chi connectivity index (χ1n) is 7.30. The second-order valence-corrected chi connectivity index (χ2v) is 5.49. The first-order valence-corrected chi connectivity index (χ1v) is 7.30. The predicted octanol–water partition coefficient (Wildman–Crippen LogP) is 3.95. The number of pyridine rings is 1. The van der Waals surface area contributed by atoms with E-state index in [0.717, 1.165) is 40.1 Å². The van der Waals surface area contributed by atoms with Crippen molar-refractivity contribution in [1.82, 2.24) is 10.3 Å². The van der Waals surface area contributed by atoms with Gasteiger partial charge in [-0.15, -0.1) is 0 Å². The van der Waals surface area contributed by atoms with E-state index in [2.05, 4.69) is 41.5 Å². The van der Waals surface area contributed by atoms with Gasteiger partial charge in [0.25, 0.3) is 0 Å². The van der Waals surface area contributed by atoms with Gasteiger partial charge >= 0.3 is 0 Å². The van der Waals surface area contributed by atoms with Gasteiger partial charge in [-0.05, 0) is 45.2 Å². The minimum absolute atomic E-state index is 0.400. The number of hydrogen-bond donors (Lipinski definition) is 1. The molecule has 0 aliphatic rings. The Kier molecular flexibility index (Phi) is 3.76. The van der Waals surface area contributed by atoms with Crippen LogP contribution in [0, 0.1) is 6.92 Å². The number of benzene rings is 1. The Labute approximate surface area is 125 Å². The summed E-state index contributed by atoms with van der Waals surface area (Å²) < 4.78 is 6.01. The number of aromatic nitrogens is 1. The molecule has 0 bridgehead atoms. The second-order valence-electron chi connectivity index (χ2n) is 5.49. The largest absolute Gasteiger partial charge is 0.461 e. The van der Waals surface area contributed by atoms with Crippen molar-refractivity contribution >= 4 is 10.9 Å². The van der Waals surface area contributed by atoms with Crippen LogP contribution in [0.1, 0.15) is 18.4 Å². The summed E-state index contributed by atoms with van der Waals surface area (Å²) in [7, 11) is 1.96. The molecule has 3 aromatic rings. The van der Waals surface area contributed by atoms with Crippen LogP contribution < -0.4 is 5.32 Å². The van der Waals surface area contributed by atoms with E-state index in [1.54, 1.807) is 0 Å². The van der Waals surface area contributed by atoms with Gasteiger partial charge < -0.3 is 9.73 Å². The van der Waals surface area contributed by atoms with Crippen LogP contribution >= 0.6 is 0 Å². The number of nitrogens with one attached hydrogen (secondary N) is 1. The van der Waals surface area contributed by atoms with Crippen LogP contribution in [0.2, 0.25) is 0 Å². The molecule has 1 atom stereocenters. The van der Waals surface area contributed by atoms with Gasteiger partial charge in [0, 0.05) is 29.1 Å². The highest BCUT2D eigenvalue weighted by molar-refractivity contribution is 5.92. The molecule has 3 rings (SSSR count). The summed E-state index contributed by atoms with van der Waals surface area (Å²) in [5.74, 6) is 1.88. The van der Waals surface area contributed by atoms with Crippen LogP contribution in [0.25, 0.3) is 22.2 Å². The van der Waals surface area contributed by atoms with Crippen LogP contribution in [0.5, 0.6) is 0 Å². The van der Waals surface area contributed by atoms with Gasteiger partial charge in [0.15, 0.2) is 0 Å². The van der Waals surface area contributed by atoms with Gasteiger partial charge in [-0.3, -0.25) is 4.98 Å².